The van der Waals surface area contributed by atoms with Gasteiger partial charge in [0, 0.05) is 5.92 Å². The molecule has 14 heavy (non-hydrogen) atoms. The lowest BCUT2D eigenvalue weighted by molar-refractivity contribution is -0.139. The summed E-state index contributed by atoms with van der Waals surface area (Å²) in [6, 6.07) is 0. The van der Waals surface area contributed by atoms with Crippen molar-refractivity contribution in [1.29, 1.82) is 0 Å². The number of rotatable bonds is 3. The SMILES string of the molecule is CC1(C)C(C(=O)O)[C@@H]1C(Br)(Br)C(Br)Br. The molecule has 1 saturated carbocycles. The number of carboxylic acids is 1. The Hall–Kier alpha value is 1.39. The Kier molecular flexibility index (Phi) is 3.85. The third kappa shape index (κ3) is 2.09. The molecule has 1 aliphatic rings. The molecule has 1 rings (SSSR count). The van der Waals surface area contributed by atoms with Gasteiger partial charge in [-0.25, -0.2) is 0 Å². The fourth-order valence-corrected chi connectivity index (χ4v) is 4.23. The van der Waals surface area contributed by atoms with Crippen molar-refractivity contribution >= 4 is 69.7 Å². The topological polar surface area (TPSA) is 37.3 Å². The molecule has 82 valence electrons. The summed E-state index contributed by atoms with van der Waals surface area (Å²) in [6.45, 7) is 3.94. The number of hydrogen-bond acceptors (Lipinski definition) is 1. The molecule has 2 nitrogen and oxygen atoms in total. The van der Waals surface area contributed by atoms with Crippen LogP contribution in [0.1, 0.15) is 13.8 Å². The normalized spacial score (nSPS) is 30.5. The van der Waals surface area contributed by atoms with Gasteiger partial charge in [-0.2, -0.15) is 0 Å². The Morgan fingerprint density at radius 2 is 1.86 bits per heavy atom. The molecule has 6 heteroatoms. The highest BCUT2D eigenvalue weighted by molar-refractivity contribution is 9.30. The van der Waals surface area contributed by atoms with Crippen LogP contribution in [-0.4, -0.2) is 18.0 Å². The van der Waals surface area contributed by atoms with E-state index in [1.807, 2.05) is 13.8 Å². The molecule has 1 N–H and O–H groups in total. The minimum atomic E-state index is -0.732. The Morgan fingerprint density at radius 1 is 1.43 bits per heavy atom. The van der Waals surface area contributed by atoms with Crippen molar-refractivity contribution in [2.24, 2.45) is 17.3 Å². The Balaban J connectivity index is 2.88. The molecule has 1 unspecified atom stereocenters. The first-order valence-corrected chi connectivity index (χ1v) is 7.44. The van der Waals surface area contributed by atoms with Crippen LogP contribution in [0.25, 0.3) is 0 Å². The van der Waals surface area contributed by atoms with E-state index in [2.05, 4.69) is 63.7 Å². The second-order valence-electron chi connectivity index (χ2n) is 4.09. The molecule has 0 spiro atoms. The maximum Gasteiger partial charge on any atom is 0.307 e. The van der Waals surface area contributed by atoms with E-state index in [4.69, 9.17) is 5.11 Å². The highest BCUT2D eigenvalue weighted by Crippen LogP contribution is 2.69. The molecule has 0 aromatic heterocycles. The Labute approximate surface area is 117 Å². The molecule has 0 amide bonds. The van der Waals surface area contributed by atoms with Gasteiger partial charge in [0.2, 0.25) is 0 Å². The van der Waals surface area contributed by atoms with Crippen LogP contribution in [0.2, 0.25) is 0 Å². The van der Waals surface area contributed by atoms with Crippen LogP contribution < -0.4 is 0 Å². The Morgan fingerprint density at radius 3 is 2.07 bits per heavy atom. The Bertz CT molecular complexity index is 262. The predicted octanol–water partition coefficient (Wildman–Crippen LogP) is 3.95. The van der Waals surface area contributed by atoms with Crippen molar-refractivity contribution in [2.75, 3.05) is 0 Å². The van der Waals surface area contributed by atoms with Gasteiger partial charge in [-0.05, 0) is 5.41 Å². The quantitative estimate of drug-likeness (QED) is 0.652. The van der Waals surface area contributed by atoms with Crippen LogP contribution in [0, 0.1) is 17.3 Å². The van der Waals surface area contributed by atoms with E-state index < -0.39 is 9.20 Å². The van der Waals surface area contributed by atoms with Crippen molar-refractivity contribution < 1.29 is 9.90 Å². The fraction of sp³-hybridized carbons (Fsp3) is 0.875. The van der Waals surface area contributed by atoms with Gasteiger partial charge in [0.15, 0.2) is 0 Å². The first-order valence-electron chi connectivity index (χ1n) is 4.02. The number of carboxylic acid groups (broad SMARTS) is 1. The highest BCUT2D eigenvalue weighted by Gasteiger charge is 2.70. The third-order valence-electron chi connectivity index (χ3n) is 2.80. The number of aliphatic carboxylic acids is 1. The van der Waals surface area contributed by atoms with Crippen LogP contribution in [0.15, 0.2) is 0 Å². The number of alkyl halides is 4. The van der Waals surface area contributed by atoms with E-state index in [9.17, 15) is 4.79 Å². The van der Waals surface area contributed by atoms with Gasteiger partial charge in [0.25, 0.3) is 0 Å². The van der Waals surface area contributed by atoms with Crippen molar-refractivity contribution in [3.05, 3.63) is 0 Å². The van der Waals surface area contributed by atoms with Crippen LogP contribution in [-0.2, 0) is 4.79 Å². The molecule has 0 aliphatic heterocycles. The molecule has 0 bridgehead atoms. The standard InChI is InChI=1S/C8H10Br4O2/c1-7(2)3(5(13)14)4(7)8(11,12)6(9)10/h3-4,6H,1-2H3,(H,13,14)/t3?,4-/m0/s1. The lowest BCUT2D eigenvalue weighted by Crippen LogP contribution is -2.26. The summed E-state index contributed by atoms with van der Waals surface area (Å²) in [5.41, 5.74) is -0.182. The maximum atomic E-state index is 11.0. The summed E-state index contributed by atoms with van der Waals surface area (Å²) in [5, 5.41) is 9.03. The molecule has 0 saturated heterocycles. The van der Waals surface area contributed by atoms with E-state index in [1.54, 1.807) is 0 Å². The predicted molar refractivity (Wildman–Crippen MR) is 70.6 cm³/mol. The summed E-state index contributed by atoms with van der Waals surface area (Å²) < 4.78 is -0.442. The smallest absolute Gasteiger partial charge is 0.307 e. The lowest BCUT2D eigenvalue weighted by atomic mass is 10.1. The van der Waals surface area contributed by atoms with E-state index in [-0.39, 0.29) is 21.0 Å². The third-order valence-corrected chi connectivity index (χ3v) is 8.60. The van der Waals surface area contributed by atoms with E-state index in [0.717, 1.165) is 0 Å². The van der Waals surface area contributed by atoms with Crippen LogP contribution >= 0.6 is 63.7 Å². The summed E-state index contributed by atoms with van der Waals surface area (Å²) in [5.74, 6) is -0.987. The molecule has 2 atom stereocenters. The van der Waals surface area contributed by atoms with Gasteiger partial charge in [-0.3, -0.25) is 4.79 Å². The van der Waals surface area contributed by atoms with Crippen molar-refractivity contribution in [2.45, 2.75) is 20.8 Å². The minimum Gasteiger partial charge on any atom is -0.481 e. The van der Waals surface area contributed by atoms with Crippen molar-refractivity contribution in [1.82, 2.24) is 0 Å². The summed E-state index contributed by atoms with van der Waals surface area (Å²) in [6.07, 6.45) is 0. The van der Waals surface area contributed by atoms with Gasteiger partial charge < -0.3 is 5.11 Å². The lowest BCUT2D eigenvalue weighted by Gasteiger charge is -2.23. The molecule has 0 aromatic carbocycles. The van der Waals surface area contributed by atoms with Crippen LogP contribution in [0.4, 0.5) is 0 Å². The van der Waals surface area contributed by atoms with E-state index >= 15 is 0 Å². The molecule has 1 fully saturated rings. The zero-order valence-electron chi connectivity index (χ0n) is 7.60. The second kappa shape index (κ2) is 4.00. The van der Waals surface area contributed by atoms with Gasteiger partial charge in [0.1, 0.15) is 3.23 Å². The molecule has 0 heterocycles. The van der Waals surface area contributed by atoms with E-state index in [1.165, 1.54) is 0 Å². The molecule has 0 aromatic rings. The largest absolute Gasteiger partial charge is 0.481 e. The van der Waals surface area contributed by atoms with Gasteiger partial charge in [-0.1, -0.05) is 77.6 Å². The number of carbonyl (C=O) groups is 1. The molecule has 0 radical (unpaired) electrons. The minimum absolute atomic E-state index is 0.0175. The zero-order valence-corrected chi connectivity index (χ0v) is 13.9. The van der Waals surface area contributed by atoms with Gasteiger partial charge in [0.05, 0.1) is 9.65 Å². The van der Waals surface area contributed by atoms with E-state index in [0.29, 0.717) is 0 Å². The van der Waals surface area contributed by atoms with Crippen LogP contribution in [0.5, 0.6) is 0 Å². The molecular weight excluding hydrogens is 448 g/mol. The van der Waals surface area contributed by atoms with Crippen LogP contribution in [0.3, 0.4) is 0 Å². The highest BCUT2D eigenvalue weighted by atomic mass is 79.9. The first kappa shape index (κ1) is 13.5. The number of hydrogen-bond donors (Lipinski definition) is 1. The molecular formula is C8H10Br4O2. The summed E-state index contributed by atoms with van der Waals surface area (Å²) in [7, 11) is 0. The van der Waals surface area contributed by atoms with Gasteiger partial charge >= 0.3 is 5.97 Å². The fourth-order valence-electron chi connectivity index (χ4n) is 1.95. The van der Waals surface area contributed by atoms with Gasteiger partial charge in [-0.15, -0.1) is 0 Å². The van der Waals surface area contributed by atoms with Crippen molar-refractivity contribution in [3.8, 4) is 0 Å². The zero-order chi connectivity index (χ0) is 11.3. The molecule has 1 aliphatic carbocycles. The van der Waals surface area contributed by atoms with Crippen molar-refractivity contribution in [3.63, 3.8) is 0 Å². The second-order valence-corrected chi connectivity index (χ2v) is 10.8. The first-order chi connectivity index (χ1) is 6.13. The average molecular weight is 458 g/mol. The maximum absolute atomic E-state index is 11.0. The summed E-state index contributed by atoms with van der Waals surface area (Å²) >= 11 is 13.8. The summed E-state index contributed by atoms with van der Waals surface area (Å²) in [4.78, 5) is 11.0. The number of halogens is 4. The monoisotopic (exact) mass is 454 g/mol. The average Bonchev–Trinajstić information content (AvgIpc) is 2.53.